The molecule has 0 saturated carbocycles. The van der Waals surface area contributed by atoms with Gasteiger partial charge in [0.05, 0.1) is 6.04 Å². The minimum Gasteiger partial charge on any atom is -0.314 e. The molecule has 0 radical (unpaired) electrons. The molecule has 18 heavy (non-hydrogen) atoms. The first kappa shape index (κ1) is 14.0. The predicted octanol–water partition coefficient (Wildman–Crippen LogP) is 3.01. The summed E-state index contributed by atoms with van der Waals surface area (Å²) in [4.78, 5) is 8.71. The van der Waals surface area contributed by atoms with E-state index in [1.807, 2.05) is 11.3 Å². The zero-order chi connectivity index (χ0) is 13.0. The van der Waals surface area contributed by atoms with E-state index in [1.165, 1.54) is 22.7 Å². The van der Waals surface area contributed by atoms with Gasteiger partial charge in [-0.3, -0.25) is 4.90 Å². The quantitative estimate of drug-likeness (QED) is 0.889. The Balaban J connectivity index is 2.11. The van der Waals surface area contributed by atoms with Gasteiger partial charge in [0.1, 0.15) is 5.01 Å². The smallest absolute Gasteiger partial charge is 0.110 e. The molecule has 1 aromatic rings. The first-order chi connectivity index (χ1) is 8.72. The molecule has 1 N–H and O–H groups in total. The Kier molecular flexibility index (Phi) is 5.15. The van der Waals surface area contributed by atoms with E-state index in [1.54, 1.807) is 0 Å². The van der Waals surface area contributed by atoms with Gasteiger partial charge >= 0.3 is 0 Å². The van der Waals surface area contributed by atoms with E-state index in [9.17, 15) is 0 Å². The lowest BCUT2D eigenvalue weighted by Gasteiger charge is -2.33. The highest BCUT2D eigenvalue weighted by Crippen LogP contribution is 2.32. The number of thiazole rings is 1. The van der Waals surface area contributed by atoms with Gasteiger partial charge in [-0.05, 0) is 12.3 Å². The van der Waals surface area contributed by atoms with E-state index in [4.69, 9.17) is 0 Å². The molecule has 1 aliphatic rings. The van der Waals surface area contributed by atoms with Crippen LogP contribution >= 0.6 is 11.3 Å². The van der Waals surface area contributed by atoms with Gasteiger partial charge in [0.15, 0.2) is 0 Å². The fourth-order valence-corrected chi connectivity index (χ4v) is 3.54. The average molecular weight is 267 g/mol. The number of hydrogen-bond acceptors (Lipinski definition) is 4. The van der Waals surface area contributed by atoms with Gasteiger partial charge in [-0.2, -0.15) is 0 Å². The predicted molar refractivity (Wildman–Crippen MR) is 78.3 cm³/mol. The van der Waals surface area contributed by atoms with E-state index >= 15 is 0 Å². The zero-order valence-electron chi connectivity index (χ0n) is 11.8. The summed E-state index contributed by atoms with van der Waals surface area (Å²) in [5.74, 6) is 0.599. The van der Waals surface area contributed by atoms with Crippen LogP contribution in [-0.4, -0.2) is 36.1 Å². The van der Waals surface area contributed by atoms with E-state index in [-0.39, 0.29) is 0 Å². The molecule has 1 unspecified atom stereocenters. The van der Waals surface area contributed by atoms with Gasteiger partial charge in [0, 0.05) is 37.3 Å². The lowest BCUT2D eigenvalue weighted by Crippen LogP contribution is -2.45. The van der Waals surface area contributed by atoms with Crippen molar-refractivity contribution in [2.45, 2.75) is 45.6 Å². The normalized spacial score (nSPS) is 19.3. The molecule has 1 fully saturated rings. The van der Waals surface area contributed by atoms with Crippen LogP contribution in [-0.2, 0) is 0 Å². The van der Waals surface area contributed by atoms with Crippen molar-refractivity contribution in [1.29, 1.82) is 0 Å². The molecule has 2 heterocycles. The minimum absolute atomic E-state index is 0.537. The van der Waals surface area contributed by atoms with Crippen molar-refractivity contribution < 1.29 is 0 Å². The molecular formula is C14H25N3S. The van der Waals surface area contributed by atoms with Gasteiger partial charge in [-0.25, -0.2) is 4.98 Å². The van der Waals surface area contributed by atoms with Crippen LogP contribution in [0.25, 0.3) is 0 Å². The highest BCUT2D eigenvalue weighted by molar-refractivity contribution is 7.11. The standard InChI is InChI=1S/C14H25N3S/c1-4-5-12(17-8-6-15-7-9-17)14-16-10-13(18-14)11(2)3/h10-12,15H,4-9H2,1-3H3. The lowest BCUT2D eigenvalue weighted by molar-refractivity contribution is 0.164. The number of hydrogen-bond donors (Lipinski definition) is 1. The molecule has 0 spiro atoms. The molecule has 1 aromatic heterocycles. The second-order valence-corrected chi connectivity index (χ2v) is 6.44. The van der Waals surface area contributed by atoms with Crippen molar-refractivity contribution >= 4 is 11.3 Å². The van der Waals surface area contributed by atoms with Gasteiger partial charge < -0.3 is 5.32 Å². The van der Waals surface area contributed by atoms with Crippen molar-refractivity contribution in [1.82, 2.24) is 15.2 Å². The largest absolute Gasteiger partial charge is 0.314 e. The summed E-state index contributed by atoms with van der Waals surface area (Å²) >= 11 is 1.91. The fraction of sp³-hybridized carbons (Fsp3) is 0.786. The van der Waals surface area contributed by atoms with Crippen LogP contribution in [0.15, 0.2) is 6.20 Å². The third-order valence-corrected chi connectivity index (χ3v) is 4.95. The summed E-state index contributed by atoms with van der Waals surface area (Å²) in [5.41, 5.74) is 0. The molecule has 2 rings (SSSR count). The molecule has 0 aromatic carbocycles. The van der Waals surface area contributed by atoms with Crippen LogP contribution in [0.3, 0.4) is 0 Å². The Morgan fingerprint density at radius 1 is 1.39 bits per heavy atom. The molecule has 1 saturated heterocycles. The number of aromatic nitrogens is 1. The molecule has 4 heteroatoms. The summed E-state index contributed by atoms with van der Waals surface area (Å²) in [7, 11) is 0. The third-order valence-electron chi connectivity index (χ3n) is 3.55. The summed E-state index contributed by atoms with van der Waals surface area (Å²) in [6.07, 6.45) is 4.53. The van der Waals surface area contributed by atoms with Crippen LogP contribution in [0.5, 0.6) is 0 Å². The van der Waals surface area contributed by atoms with Crippen molar-refractivity contribution in [2.75, 3.05) is 26.2 Å². The van der Waals surface area contributed by atoms with Crippen molar-refractivity contribution in [3.63, 3.8) is 0 Å². The van der Waals surface area contributed by atoms with Gasteiger partial charge in [0.2, 0.25) is 0 Å². The third kappa shape index (κ3) is 3.31. The number of nitrogens with zero attached hydrogens (tertiary/aromatic N) is 2. The van der Waals surface area contributed by atoms with E-state index in [2.05, 4.69) is 42.2 Å². The van der Waals surface area contributed by atoms with Crippen LogP contribution in [0.2, 0.25) is 0 Å². The maximum atomic E-state index is 4.69. The maximum Gasteiger partial charge on any atom is 0.110 e. The summed E-state index contributed by atoms with van der Waals surface area (Å²) in [6.45, 7) is 11.3. The summed E-state index contributed by atoms with van der Waals surface area (Å²) in [5, 5.41) is 4.75. The Morgan fingerprint density at radius 2 is 2.11 bits per heavy atom. The molecule has 3 nitrogen and oxygen atoms in total. The van der Waals surface area contributed by atoms with Crippen molar-refractivity contribution in [3.8, 4) is 0 Å². The molecule has 0 amide bonds. The first-order valence-corrected chi connectivity index (χ1v) is 7.94. The topological polar surface area (TPSA) is 28.2 Å². The Morgan fingerprint density at radius 3 is 2.67 bits per heavy atom. The summed E-state index contributed by atoms with van der Waals surface area (Å²) in [6, 6.07) is 0.537. The van der Waals surface area contributed by atoms with Gasteiger partial charge in [-0.15, -0.1) is 11.3 Å². The lowest BCUT2D eigenvalue weighted by atomic mass is 10.1. The zero-order valence-corrected chi connectivity index (χ0v) is 12.6. The molecule has 1 atom stereocenters. The van der Waals surface area contributed by atoms with Crippen LogP contribution in [0, 0.1) is 0 Å². The van der Waals surface area contributed by atoms with Crippen LogP contribution in [0.4, 0.5) is 0 Å². The molecular weight excluding hydrogens is 242 g/mol. The fourth-order valence-electron chi connectivity index (χ4n) is 2.45. The highest BCUT2D eigenvalue weighted by atomic mass is 32.1. The molecule has 1 aliphatic heterocycles. The second kappa shape index (κ2) is 6.64. The number of nitrogens with one attached hydrogen (secondary N) is 1. The van der Waals surface area contributed by atoms with Crippen molar-refractivity contribution in [2.24, 2.45) is 0 Å². The van der Waals surface area contributed by atoms with Crippen LogP contribution in [0.1, 0.15) is 55.5 Å². The van der Waals surface area contributed by atoms with E-state index in [0.29, 0.717) is 12.0 Å². The maximum absolute atomic E-state index is 4.69. The molecule has 102 valence electrons. The monoisotopic (exact) mass is 267 g/mol. The second-order valence-electron chi connectivity index (χ2n) is 5.35. The molecule has 0 bridgehead atoms. The number of piperazine rings is 1. The Bertz CT molecular complexity index is 356. The Labute approximate surface area is 115 Å². The SMILES string of the molecule is CCCC(c1ncc(C(C)C)s1)N1CCNCC1. The van der Waals surface area contributed by atoms with E-state index < -0.39 is 0 Å². The van der Waals surface area contributed by atoms with Gasteiger partial charge in [-0.1, -0.05) is 27.2 Å². The van der Waals surface area contributed by atoms with Crippen molar-refractivity contribution in [3.05, 3.63) is 16.1 Å². The minimum atomic E-state index is 0.537. The van der Waals surface area contributed by atoms with E-state index in [0.717, 1.165) is 26.2 Å². The van der Waals surface area contributed by atoms with Crippen LogP contribution < -0.4 is 5.32 Å². The summed E-state index contributed by atoms with van der Waals surface area (Å²) < 4.78 is 0. The first-order valence-electron chi connectivity index (χ1n) is 7.12. The average Bonchev–Trinajstić information content (AvgIpc) is 2.86. The highest BCUT2D eigenvalue weighted by Gasteiger charge is 2.24. The number of rotatable bonds is 5. The Hall–Kier alpha value is -0.450. The molecule has 0 aliphatic carbocycles. The van der Waals surface area contributed by atoms with Gasteiger partial charge in [0.25, 0.3) is 0 Å².